The predicted octanol–water partition coefficient (Wildman–Crippen LogP) is 3.74. The molecule has 0 aliphatic heterocycles. The van der Waals surface area contributed by atoms with Crippen LogP contribution in [0.4, 0.5) is 5.82 Å². The predicted molar refractivity (Wildman–Crippen MR) is 88.8 cm³/mol. The Bertz CT molecular complexity index is 835. The molecule has 0 saturated heterocycles. The van der Waals surface area contributed by atoms with Crippen molar-refractivity contribution in [2.75, 3.05) is 12.5 Å². The standard InChI is InChI=1S/C16H13ClN4O/c1-22-12-6-4-5-11(9-12)10-18-21-16-15(17)19-13-7-2-3-8-14(13)20-16/h2-10H,1H3,(H,20,21). The zero-order valence-corrected chi connectivity index (χ0v) is 12.6. The molecular formula is C16H13ClN4O. The Labute approximate surface area is 132 Å². The van der Waals surface area contributed by atoms with Gasteiger partial charge in [0.2, 0.25) is 0 Å². The van der Waals surface area contributed by atoms with Gasteiger partial charge in [0.15, 0.2) is 11.0 Å². The summed E-state index contributed by atoms with van der Waals surface area (Å²) in [6, 6.07) is 15.1. The Morgan fingerprint density at radius 2 is 1.86 bits per heavy atom. The first-order chi connectivity index (χ1) is 10.8. The molecule has 0 atom stereocenters. The number of para-hydroxylation sites is 2. The summed E-state index contributed by atoms with van der Waals surface area (Å²) < 4.78 is 5.16. The van der Waals surface area contributed by atoms with E-state index in [9.17, 15) is 0 Å². The highest BCUT2D eigenvalue weighted by atomic mass is 35.5. The number of halogens is 1. The molecule has 6 heteroatoms. The van der Waals surface area contributed by atoms with Crippen molar-refractivity contribution in [1.29, 1.82) is 0 Å². The van der Waals surface area contributed by atoms with Crippen molar-refractivity contribution in [3.63, 3.8) is 0 Å². The van der Waals surface area contributed by atoms with Crippen molar-refractivity contribution in [2.24, 2.45) is 5.10 Å². The Balaban J connectivity index is 1.81. The molecule has 0 saturated carbocycles. The third kappa shape index (κ3) is 3.15. The van der Waals surface area contributed by atoms with Crippen molar-refractivity contribution < 1.29 is 4.74 Å². The molecule has 2 aromatic carbocycles. The summed E-state index contributed by atoms with van der Waals surface area (Å²) in [6.45, 7) is 0. The van der Waals surface area contributed by atoms with Crippen LogP contribution in [0.1, 0.15) is 5.56 Å². The highest BCUT2D eigenvalue weighted by Gasteiger charge is 2.05. The maximum absolute atomic E-state index is 6.10. The van der Waals surface area contributed by atoms with Gasteiger partial charge in [0, 0.05) is 0 Å². The van der Waals surface area contributed by atoms with E-state index in [0.29, 0.717) is 5.82 Å². The highest BCUT2D eigenvalue weighted by Crippen LogP contribution is 2.20. The second-order valence-corrected chi connectivity index (χ2v) is 4.86. The number of hydrogen-bond acceptors (Lipinski definition) is 5. The molecule has 0 aliphatic rings. The quantitative estimate of drug-likeness (QED) is 0.589. The largest absolute Gasteiger partial charge is 0.497 e. The molecule has 110 valence electrons. The highest BCUT2D eigenvalue weighted by molar-refractivity contribution is 6.32. The Morgan fingerprint density at radius 3 is 2.64 bits per heavy atom. The zero-order chi connectivity index (χ0) is 15.4. The van der Waals surface area contributed by atoms with Crippen LogP contribution in [-0.2, 0) is 0 Å². The first kappa shape index (κ1) is 14.3. The summed E-state index contributed by atoms with van der Waals surface area (Å²) in [4.78, 5) is 8.67. The summed E-state index contributed by atoms with van der Waals surface area (Å²) in [7, 11) is 1.62. The number of methoxy groups -OCH3 is 1. The Hall–Kier alpha value is -2.66. The van der Waals surface area contributed by atoms with E-state index in [1.165, 1.54) is 0 Å². The number of benzene rings is 2. The van der Waals surface area contributed by atoms with Crippen LogP contribution in [0.2, 0.25) is 5.15 Å². The molecular weight excluding hydrogens is 300 g/mol. The number of nitrogens with zero attached hydrogens (tertiary/aromatic N) is 3. The molecule has 3 rings (SSSR count). The van der Waals surface area contributed by atoms with Gasteiger partial charge in [-0.1, -0.05) is 35.9 Å². The third-order valence-electron chi connectivity index (χ3n) is 3.01. The van der Waals surface area contributed by atoms with Crippen LogP contribution >= 0.6 is 11.6 Å². The second-order valence-electron chi connectivity index (χ2n) is 4.50. The first-order valence-corrected chi connectivity index (χ1v) is 6.99. The van der Waals surface area contributed by atoms with E-state index in [1.54, 1.807) is 13.3 Å². The second kappa shape index (κ2) is 6.41. The lowest BCUT2D eigenvalue weighted by molar-refractivity contribution is 0.415. The molecule has 1 heterocycles. The molecule has 0 aliphatic carbocycles. The van der Waals surface area contributed by atoms with Gasteiger partial charge in [-0.25, -0.2) is 9.97 Å². The SMILES string of the molecule is COc1cccc(C=NNc2nc3ccccc3nc2Cl)c1. The van der Waals surface area contributed by atoms with Gasteiger partial charge >= 0.3 is 0 Å². The normalized spacial score (nSPS) is 11.0. The van der Waals surface area contributed by atoms with Crippen LogP contribution < -0.4 is 10.2 Å². The molecule has 22 heavy (non-hydrogen) atoms. The molecule has 0 spiro atoms. The number of aromatic nitrogens is 2. The van der Waals surface area contributed by atoms with E-state index in [1.807, 2.05) is 48.5 Å². The Morgan fingerprint density at radius 1 is 1.09 bits per heavy atom. The van der Waals surface area contributed by atoms with E-state index in [4.69, 9.17) is 16.3 Å². The van der Waals surface area contributed by atoms with E-state index in [-0.39, 0.29) is 5.15 Å². The van der Waals surface area contributed by atoms with Gasteiger partial charge in [-0.05, 0) is 29.8 Å². The van der Waals surface area contributed by atoms with Crippen molar-refractivity contribution in [1.82, 2.24) is 9.97 Å². The molecule has 0 bridgehead atoms. The molecule has 3 aromatic rings. The summed E-state index contributed by atoms with van der Waals surface area (Å²) >= 11 is 6.10. The van der Waals surface area contributed by atoms with Gasteiger partial charge < -0.3 is 4.74 Å². The number of nitrogens with one attached hydrogen (secondary N) is 1. The van der Waals surface area contributed by atoms with Gasteiger partial charge in [-0.15, -0.1) is 0 Å². The van der Waals surface area contributed by atoms with Crippen molar-refractivity contribution in [2.45, 2.75) is 0 Å². The average molecular weight is 313 g/mol. The van der Waals surface area contributed by atoms with Crippen LogP contribution in [-0.4, -0.2) is 23.3 Å². The monoisotopic (exact) mass is 312 g/mol. The topological polar surface area (TPSA) is 59.4 Å². The molecule has 0 unspecified atom stereocenters. The smallest absolute Gasteiger partial charge is 0.185 e. The number of hydrazone groups is 1. The molecule has 0 radical (unpaired) electrons. The van der Waals surface area contributed by atoms with Crippen LogP contribution in [0.25, 0.3) is 11.0 Å². The minimum absolute atomic E-state index is 0.279. The van der Waals surface area contributed by atoms with Crippen molar-refractivity contribution >= 4 is 34.7 Å². The number of ether oxygens (including phenoxy) is 1. The van der Waals surface area contributed by atoms with E-state index in [2.05, 4.69) is 20.5 Å². The lowest BCUT2D eigenvalue weighted by atomic mass is 10.2. The maximum Gasteiger partial charge on any atom is 0.185 e. The summed E-state index contributed by atoms with van der Waals surface area (Å²) in [5.74, 6) is 1.19. The van der Waals surface area contributed by atoms with Crippen LogP contribution in [0, 0.1) is 0 Å². The number of hydrogen-bond donors (Lipinski definition) is 1. The molecule has 0 fully saturated rings. The molecule has 1 N–H and O–H groups in total. The molecule has 1 aromatic heterocycles. The number of fused-ring (bicyclic) bond motifs is 1. The minimum Gasteiger partial charge on any atom is -0.497 e. The summed E-state index contributed by atoms with van der Waals surface area (Å²) in [5, 5.41) is 4.42. The van der Waals surface area contributed by atoms with Crippen molar-refractivity contribution in [3.05, 3.63) is 59.2 Å². The fourth-order valence-corrected chi connectivity index (χ4v) is 2.12. The first-order valence-electron chi connectivity index (χ1n) is 6.61. The fraction of sp³-hybridized carbons (Fsp3) is 0.0625. The lowest BCUT2D eigenvalue weighted by Crippen LogP contribution is -1.97. The fourth-order valence-electron chi connectivity index (χ4n) is 1.94. The van der Waals surface area contributed by atoms with Crippen LogP contribution in [0.5, 0.6) is 5.75 Å². The average Bonchev–Trinajstić information content (AvgIpc) is 2.55. The maximum atomic E-state index is 6.10. The summed E-state index contributed by atoms with van der Waals surface area (Å²) in [6.07, 6.45) is 1.66. The van der Waals surface area contributed by atoms with E-state index in [0.717, 1.165) is 22.3 Å². The van der Waals surface area contributed by atoms with Crippen LogP contribution in [0.15, 0.2) is 53.6 Å². The Kier molecular flexibility index (Phi) is 4.16. The minimum atomic E-state index is 0.279. The van der Waals surface area contributed by atoms with Gasteiger partial charge in [0.05, 0.1) is 24.4 Å². The lowest BCUT2D eigenvalue weighted by Gasteiger charge is -2.04. The molecule has 5 nitrogen and oxygen atoms in total. The van der Waals surface area contributed by atoms with Crippen molar-refractivity contribution in [3.8, 4) is 5.75 Å². The van der Waals surface area contributed by atoms with Gasteiger partial charge in [-0.2, -0.15) is 5.10 Å². The van der Waals surface area contributed by atoms with E-state index < -0.39 is 0 Å². The van der Waals surface area contributed by atoms with Crippen LogP contribution in [0.3, 0.4) is 0 Å². The zero-order valence-electron chi connectivity index (χ0n) is 11.8. The van der Waals surface area contributed by atoms with Gasteiger partial charge in [0.25, 0.3) is 0 Å². The summed E-state index contributed by atoms with van der Waals surface area (Å²) in [5.41, 5.74) is 5.21. The van der Waals surface area contributed by atoms with Gasteiger partial charge in [0.1, 0.15) is 5.75 Å². The number of anilines is 1. The van der Waals surface area contributed by atoms with E-state index >= 15 is 0 Å². The molecule has 0 amide bonds. The number of rotatable bonds is 4. The van der Waals surface area contributed by atoms with Gasteiger partial charge in [-0.3, -0.25) is 5.43 Å². The third-order valence-corrected chi connectivity index (χ3v) is 3.27.